The maximum Gasteiger partial charge on any atom is 0.326 e. The van der Waals surface area contributed by atoms with Crippen molar-refractivity contribution in [3.05, 3.63) is 35.9 Å². The van der Waals surface area contributed by atoms with Crippen molar-refractivity contribution in [2.75, 3.05) is 39.7 Å². The SMILES string of the molecule is CC[C@H](C)[C@@H]([C@@H](CC(=O)N1CCC[C@H]1[C@H](OC)[C@@H](C)C(=O)N[C@@H](Cc1ccccc1)C(=O)O)OC)N(C)C(=O)[C@@H](NC(=O)[C@@H]1[C@H]2CC[C@H](C2)N1C(=O)CCCCCNC(=O)CBr)C(C)C. The highest BCUT2D eigenvalue weighted by Crippen LogP contribution is 2.43. The minimum absolute atomic E-state index is 0.00363. The molecule has 17 heteroatoms. The summed E-state index contributed by atoms with van der Waals surface area (Å²) in [6, 6.07) is 5.36. The van der Waals surface area contributed by atoms with Crippen molar-refractivity contribution in [1.82, 2.24) is 30.7 Å². The van der Waals surface area contributed by atoms with E-state index < -0.39 is 60.2 Å². The number of carboxylic acids is 1. The van der Waals surface area contributed by atoms with Crippen LogP contribution >= 0.6 is 15.9 Å². The number of likely N-dealkylation sites (tertiary alicyclic amines) is 2. The van der Waals surface area contributed by atoms with Crippen LogP contribution in [0, 0.1) is 23.7 Å². The number of hydrogen-bond donors (Lipinski definition) is 4. The van der Waals surface area contributed by atoms with Gasteiger partial charge in [0.2, 0.25) is 35.4 Å². The predicted molar refractivity (Wildman–Crippen MR) is 250 cm³/mol. The van der Waals surface area contributed by atoms with E-state index in [0.717, 1.165) is 37.7 Å². The number of nitrogens with zero attached hydrogens (tertiary/aromatic N) is 3. The van der Waals surface area contributed by atoms with Crippen molar-refractivity contribution in [3.8, 4) is 0 Å². The summed E-state index contributed by atoms with van der Waals surface area (Å²) in [6.07, 6.45) is 5.50. The Morgan fingerprint density at radius 2 is 1.63 bits per heavy atom. The lowest BCUT2D eigenvalue weighted by molar-refractivity contribution is -0.149. The Hall–Kier alpha value is -4.09. The number of carbonyl (C=O) groups excluding carboxylic acids is 6. The highest BCUT2D eigenvalue weighted by atomic mass is 79.9. The molecular weight excluding hydrogens is 900 g/mol. The van der Waals surface area contributed by atoms with Gasteiger partial charge in [-0.05, 0) is 68.3 Å². The first kappa shape index (κ1) is 53.5. The molecule has 0 spiro atoms. The van der Waals surface area contributed by atoms with Crippen LogP contribution in [0.1, 0.15) is 111 Å². The van der Waals surface area contributed by atoms with Gasteiger partial charge in [-0.2, -0.15) is 0 Å². The van der Waals surface area contributed by atoms with Gasteiger partial charge in [0.25, 0.3) is 0 Å². The average molecular weight is 976 g/mol. The van der Waals surface area contributed by atoms with E-state index in [2.05, 4.69) is 31.9 Å². The van der Waals surface area contributed by atoms with E-state index in [1.807, 2.05) is 45.9 Å². The van der Waals surface area contributed by atoms with E-state index in [4.69, 9.17) is 9.47 Å². The second-order valence-corrected chi connectivity index (χ2v) is 19.2. The van der Waals surface area contributed by atoms with Crippen LogP contribution in [0.15, 0.2) is 30.3 Å². The minimum Gasteiger partial charge on any atom is -0.480 e. The lowest BCUT2D eigenvalue weighted by atomic mass is 9.89. The number of nitrogens with one attached hydrogen (secondary N) is 3. The van der Waals surface area contributed by atoms with E-state index in [9.17, 15) is 38.7 Å². The fourth-order valence-electron chi connectivity index (χ4n) is 10.3. The van der Waals surface area contributed by atoms with Gasteiger partial charge in [0.1, 0.15) is 18.1 Å². The number of hydrogen-bond acceptors (Lipinski definition) is 9. The number of unbranched alkanes of at least 4 members (excludes halogenated alkanes) is 2. The van der Waals surface area contributed by atoms with Crippen LogP contribution in [-0.2, 0) is 49.5 Å². The molecule has 1 aromatic carbocycles. The van der Waals surface area contributed by atoms with Crippen LogP contribution in [0.5, 0.6) is 0 Å². The molecular formula is C48H75BrN6O10. The molecule has 1 aliphatic carbocycles. The Balaban J connectivity index is 1.43. The fourth-order valence-corrected chi connectivity index (χ4v) is 10.5. The van der Waals surface area contributed by atoms with Crippen LogP contribution in [0.4, 0.5) is 0 Å². The molecule has 0 radical (unpaired) electrons. The van der Waals surface area contributed by atoms with Gasteiger partial charge in [-0.15, -0.1) is 0 Å². The highest BCUT2D eigenvalue weighted by molar-refractivity contribution is 9.09. The molecule has 6 amide bonds. The molecule has 0 unspecified atom stereocenters. The molecule has 1 saturated carbocycles. The zero-order valence-corrected chi connectivity index (χ0v) is 41.3. The maximum atomic E-state index is 14.6. The maximum absolute atomic E-state index is 14.6. The summed E-state index contributed by atoms with van der Waals surface area (Å²) in [6.45, 7) is 10.4. The molecule has 65 heavy (non-hydrogen) atoms. The quantitative estimate of drug-likeness (QED) is 0.0766. The third-order valence-electron chi connectivity index (χ3n) is 14.0. The summed E-state index contributed by atoms with van der Waals surface area (Å²) in [5.41, 5.74) is 0.772. The number of piperidine rings is 1. The summed E-state index contributed by atoms with van der Waals surface area (Å²) in [7, 11) is 4.71. The number of aliphatic carboxylic acids is 1. The van der Waals surface area contributed by atoms with Crippen molar-refractivity contribution in [2.45, 2.75) is 160 Å². The number of rotatable bonds is 26. The zero-order chi connectivity index (χ0) is 48.0. The Morgan fingerprint density at radius 3 is 2.25 bits per heavy atom. The summed E-state index contributed by atoms with van der Waals surface area (Å²) in [5, 5.41) is 18.8. The number of halogens is 1. The van der Waals surface area contributed by atoms with Gasteiger partial charge < -0.3 is 45.2 Å². The molecule has 16 nitrogen and oxygen atoms in total. The molecule has 3 fully saturated rings. The van der Waals surface area contributed by atoms with Crippen molar-refractivity contribution in [3.63, 3.8) is 0 Å². The number of benzene rings is 1. The van der Waals surface area contributed by atoms with Gasteiger partial charge in [0, 0.05) is 53.2 Å². The lowest BCUT2D eigenvalue weighted by Gasteiger charge is -2.41. The summed E-state index contributed by atoms with van der Waals surface area (Å²) in [5.74, 6) is -3.79. The smallest absolute Gasteiger partial charge is 0.326 e. The molecule has 2 bridgehead atoms. The monoisotopic (exact) mass is 974 g/mol. The zero-order valence-electron chi connectivity index (χ0n) is 39.8. The Bertz CT molecular complexity index is 1770. The molecule has 2 heterocycles. The third kappa shape index (κ3) is 14.0. The number of carbonyl (C=O) groups is 7. The number of amides is 6. The molecule has 0 aromatic heterocycles. The number of methoxy groups -OCH3 is 2. The van der Waals surface area contributed by atoms with Crippen molar-refractivity contribution < 1.29 is 48.1 Å². The fraction of sp³-hybridized carbons (Fsp3) is 0.729. The first-order chi connectivity index (χ1) is 31.0. The Labute approximate surface area is 394 Å². The van der Waals surface area contributed by atoms with Crippen molar-refractivity contribution >= 4 is 57.3 Å². The van der Waals surface area contributed by atoms with Crippen molar-refractivity contribution in [2.24, 2.45) is 23.7 Å². The number of carboxylic acid groups (broad SMARTS) is 1. The largest absolute Gasteiger partial charge is 0.480 e. The first-order valence-electron chi connectivity index (χ1n) is 23.6. The molecule has 1 aromatic rings. The van der Waals surface area contributed by atoms with Crippen LogP contribution < -0.4 is 16.0 Å². The summed E-state index contributed by atoms with van der Waals surface area (Å²) >= 11 is 3.14. The predicted octanol–water partition coefficient (Wildman–Crippen LogP) is 4.31. The van der Waals surface area contributed by atoms with Crippen molar-refractivity contribution in [1.29, 1.82) is 0 Å². The molecule has 2 aliphatic heterocycles. The Kier molecular flexibility index (Phi) is 21.2. The van der Waals surface area contributed by atoms with E-state index in [-0.39, 0.29) is 71.5 Å². The second-order valence-electron chi connectivity index (χ2n) is 18.7. The number of fused-ring (bicyclic) bond motifs is 2. The molecule has 3 aliphatic rings. The third-order valence-corrected chi connectivity index (χ3v) is 14.5. The molecule has 4 rings (SSSR count). The number of ether oxygens (including phenoxy) is 2. The van der Waals surface area contributed by atoms with E-state index in [0.29, 0.717) is 45.2 Å². The van der Waals surface area contributed by atoms with E-state index >= 15 is 0 Å². The van der Waals surface area contributed by atoms with Gasteiger partial charge >= 0.3 is 5.97 Å². The standard InChI is InChI=1S/C48H75BrN6O10/c1-9-30(4)42(37(64-7)27-40(58)54-24-16-19-36(54)44(65-8)31(5)45(59)51-35(48(62)63)25-32-17-12-10-13-18-32)53(6)47(61)41(29(2)3)52-46(60)43-33-21-22-34(26-33)55(43)39(57)20-14-11-15-23-50-38(56)28-49/h10,12-13,17-18,29-31,33-37,41-44H,9,11,14-16,19-28H2,1-8H3,(H,50,56)(H,51,59)(H,52,60)(H,62,63)/t30-,31+,33-,34+,35-,36-,37+,41-,42-,43-,44+/m0/s1. The molecule has 11 atom stereocenters. The molecule has 2 saturated heterocycles. The second kappa shape index (κ2) is 25.7. The van der Waals surface area contributed by atoms with Crippen LogP contribution in [0.25, 0.3) is 0 Å². The lowest BCUT2D eigenvalue weighted by Crippen LogP contribution is -2.60. The molecule has 4 N–H and O–H groups in total. The Morgan fingerprint density at radius 1 is 0.923 bits per heavy atom. The minimum atomic E-state index is -1.15. The molecule has 364 valence electrons. The van der Waals surface area contributed by atoms with Gasteiger partial charge in [0.05, 0.1) is 42.0 Å². The summed E-state index contributed by atoms with van der Waals surface area (Å²) < 4.78 is 12.0. The first-order valence-corrected chi connectivity index (χ1v) is 24.7. The topological polar surface area (TPSA) is 204 Å². The van der Waals surface area contributed by atoms with Gasteiger partial charge in [-0.3, -0.25) is 28.8 Å². The number of alkyl halides is 1. The number of likely N-dealkylation sites (N-methyl/N-ethyl adjacent to an activating group) is 1. The highest BCUT2D eigenvalue weighted by Gasteiger charge is 2.52. The van der Waals surface area contributed by atoms with Gasteiger partial charge in [-0.1, -0.05) is 93.7 Å². The van der Waals surface area contributed by atoms with Crippen LogP contribution in [0.3, 0.4) is 0 Å². The summed E-state index contributed by atoms with van der Waals surface area (Å²) in [4.78, 5) is 99.2. The van der Waals surface area contributed by atoms with Gasteiger partial charge in [-0.25, -0.2) is 4.79 Å². The van der Waals surface area contributed by atoms with E-state index in [1.165, 1.54) is 14.2 Å². The normalized spacial score (nSPS) is 22.4. The average Bonchev–Trinajstić information content (AvgIpc) is 4.06. The van der Waals surface area contributed by atoms with Gasteiger partial charge in [0.15, 0.2) is 0 Å². The van der Waals surface area contributed by atoms with E-state index in [1.54, 1.807) is 40.8 Å². The van der Waals surface area contributed by atoms with Crippen LogP contribution in [0.2, 0.25) is 0 Å². The van der Waals surface area contributed by atoms with Crippen LogP contribution in [-0.4, -0.2) is 149 Å².